The molecule has 0 spiro atoms. The SMILES string of the molecule is Cc1ccc(NC(=O)C2CCN(c3ccc(F)c(Cl)c3)C2=O)cc1. The topological polar surface area (TPSA) is 49.4 Å². The van der Waals surface area contributed by atoms with E-state index in [9.17, 15) is 14.0 Å². The Kier molecular flexibility index (Phi) is 4.53. The Labute approximate surface area is 144 Å². The summed E-state index contributed by atoms with van der Waals surface area (Å²) >= 11 is 5.77. The third-order valence-corrected chi connectivity index (χ3v) is 4.35. The molecule has 24 heavy (non-hydrogen) atoms. The lowest BCUT2D eigenvalue weighted by Gasteiger charge is -2.17. The molecule has 124 valence electrons. The number of nitrogens with zero attached hydrogens (tertiary/aromatic N) is 1. The third kappa shape index (κ3) is 3.26. The molecule has 2 aromatic carbocycles. The minimum Gasteiger partial charge on any atom is -0.325 e. The number of carbonyl (C=O) groups excluding carboxylic acids is 2. The quantitative estimate of drug-likeness (QED) is 0.860. The normalized spacial score (nSPS) is 17.2. The summed E-state index contributed by atoms with van der Waals surface area (Å²) < 4.78 is 13.3. The summed E-state index contributed by atoms with van der Waals surface area (Å²) in [7, 11) is 0. The maximum absolute atomic E-state index is 13.3. The summed E-state index contributed by atoms with van der Waals surface area (Å²) in [6.07, 6.45) is 0.408. The van der Waals surface area contributed by atoms with E-state index in [-0.39, 0.29) is 16.8 Å². The molecule has 1 aliphatic rings. The van der Waals surface area contributed by atoms with Crippen LogP contribution >= 0.6 is 11.6 Å². The van der Waals surface area contributed by atoms with Crippen LogP contribution in [0.5, 0.6) is 0 Å². The molecule has 1 unspecified atom stereocenters. The van der Waals surface area contributed by atoms with Crippen molar-refractivity contribution in [3.05, 3.63) is 58.9 Å². The average Bonchev–Trinajstić information content (AvgIpc) is 2.94. The summed E-state index contributed by atoms with van der Waals surface area (Å²) in [4.78, 5) is 26.3. The van der Waals surface area contributed by atoms with Crippen molar-refractivity contribution in [2.45, 2.75) is 13.3 Å². The number of hydrogen-bond donors (Lipinski definition) is 1. The first-order valence-corrected chi connectivity index (χ1v) is 7.97. The van der Waals surface area contributed by atoms with Crippen LogP contribution in [0.15, 0.2) is 42.5 Å². The molecule has 2 amide bonds. The van der Waals surface area contributed by atoms with Gasteiger partial charge in [-0.15, -0.1) is 0 Å². The first-order valence-electron chi connectivity index (χ1n) is 7.59. The van der Waals surface area contributed by atoms with Gasteiger partial charge in [0.1, 0.15) is 11.7 Å². The fourth-order valence-electron chi connectivity index (χ4n) is 2.70. The highest BCUT2D eigenvalue weighted by molar-refractivity contribution is 6.31. The fourth-order valence-corrected chi connectivity index (χ4v) is 2.87. The van der Waals surface area contributed by atoms with Crippen LogP contribution in [0.3, 0.4) is 0 Å². The Morgan fingerprint density at radius 2 is 1.96 bits per heavy atom. The second-order valence-electron chi connectivity index (χ2n) is 5.78. The number of amides is 2. The van der Waals surface area contributed by atoms with Gasteiger partial charge in [0, 0.05) is 17.9 Å². The lowest BCUT2D eigenvalue weighted by molar-refractivity contribution is -0.129. The van der Waals surface area contributed by atoms with E-state index in [4.69, 9.17) is 11.6 Å². The Balaban J connectivity index is 1.72. The summed E-state index contributed by atoms with van der Waals surface area (Å²) in [5.74, 6) is -1.93. The van der Waals surface area contributed by atoms with E-state index in [1.807, 2.05) is 19.1 Å². The zero-order valence-corrected chi connectivity index (χ0v) is 13.8. The van der Waals surface area contributed by atoms with Crippen LogP contribution in [0.4, 0.5) is 15.8 Å². The molecule has 2 aromatic rings. The van der Waals surface area contributed by atoms with Crippen molar-refractivity contribution in [3.8, 4) is 0 Å². The van der Waals surface area contributed by atoms with Gasteiger partial charge in [0.25, 0.3) is 0 Å². The van der Waals surface area contributed by atoms with Gasteiger partial charge in [-0.25, -0.2) is 4.39 Å². The number of halogens is 2. The number of rotatable bonds is 3. The van der Waals surface area contributed by atoms with Gasteiger partial charge in [-0.1, -0.05) is 29.3 Å². The summed E-state index contributed by atoms with van der Waals surface area (Å²) in [5.41, 5.74) is 2.24. The van der Waals surface area contributed by atoms with E-state index in [2.05, 4.69) is 5.32 Å². The molecule has 3 rings (SSSR count). The van der Waals surface area contributed by atoms with E-state index >= 15 is 0 Å². The van der Waals surface area contributed by atoms with Gasteiger partial charge in [-0.3, -0.25) is 9.59 Å². The molecule has 4 nitrogen and oxygen atoms in total. The highest BCUT2D eigenvalue weighted by Gasteiger charge is 2.37. The van der Waals surface area contributed by atoms with Gasteiger partial charge >= 0.3 is 0 Å². The molecule has 1 aliphatic heterocycles. The number of hydrogen-bond acceptors (Lipinski definition) is 2. The van der Waals surface area contributed by atoms with Gasteiger partial charge in [0.05, 0.1) is 5.02 Å². The molecule has 1 fully saturated rings. The predicted molar refractivity (Wildman–Crippen MR) is 91.7 cm³/mol. The number of nitrogens with one attached hydrogen (secondary N) is 1. The van der Waals surface area contributed by atoms with Gasteiger partial charge < -0.3 is 10.2 Å². The summed E-state index contributed by atoms with van der Waals surface area (Å²) in [5, 5.41) is 2.71. The Morgan fingerprint density at radius 3 is 2.62 bits per heavy atom. The smallest absolute Gasteiger partial charge is 0.239 e. The molecule has 1 N–H and O–H groups in total. The first kappa shape index (κ1) is 16.5. The monoisotopic (exact) mass is 346 g/mol. The molecular weight excluding hydrogens is 331 g/mol. The van der Waals surface area contributed by atoms with Crippen molar-refractivity contribution in [1.82, 2.24) is 0 Å². The molecule has 0 aliphatic carbocycles. The van der Waals surface area contributed by atoms with E-state index in [1.54, 1.807) is 12.1 Å². The summed E-state index contributed by atoms with van der Waals surface area (Å²) in [6, 6.07) is 11.5. The lowest BCUT2D eigenvalue weighted by atomic mass is 10.1. The average molecular weight is 347 g/mol. The van der Waals surface area contributed by atoms with Gasteiger partial charge in [0.15, 0.2) is 0 Å². The van der Waals surface area contributed by atoms with Crippen LogP contribution in [0.2, 0.25) is 5.02 Å². The second-order valence-corrected chi connectivity index (χ2v) is 6.19. The standard InChI is InChI=1S/C18H16ClFN2O2/c1-11-2-4-12(5-3-11)21-17(23)14-8-9-22(18(14)24)13-6-7-16(20)15(19)10-13/h2-7,10,14H,8-9H2,1H3,(H,21,23). The molecule has 0 bridgehead atoms. The van der Waals surface area contributed by atoms with Crippen LogP contribution in [0.1, 0.15) is 12.0 Å². The van der Waals surface area contributed by atoms with Crippen molar-refractivity contribution in [2.24, 2.45) is 5.92 Å². The van der Waals surface area contributed by atoms with Crippen molar-refractivity contribution in [1.29, 1.82) is 0 Å². The number of carbonyl (C=O) groups is 2. The second kappa shape index (κ2) is 6.61. The first-order chi connectivity index (χ1) is 11.5. The molecule has 0 radical (unpaired) electrons. The van der Waals surface area contributed by atoms with Crippen molar-refractivity contribution in [2.75, 3.05) is 16.8 Å². The Hall–Kier alpha value is -2.40. The zero-order valence-electron chi connectivity index (χ0n) is 13.1. The maximum atomic E-state index is 13.3. The van der Waals surface area contributed by atoms with Crippen LogP contribution in [0, 0.1) is 18.7 Å². The zero-order chi connectivity index (χ0) is 17.3. The minimum absolute atomic E-state index is 0.0483. The van der Waals surface area contributed by atoms with Crippen LogP contribution < -0.4 is 10.2 Å². The molecule has 0 aromatic heterocycles. The number of benzene rings is 2. The van der Waals surface area contributed by atoms with E-state index in [1.165, 1.54) is 23.1 Å². The molecule has 0 saturated carbocycles. The Bertz CT molecular complexity index is 792. The number of aryl methyl sites for hydroxylation is 1. The van der Waals surface area contributed by atoms with Crippen LogP contribution in [-0.4, -0.2) is 18.4 Å². The van der Waals surface area contributed by atoms with Crippen molar-refractivity contribution >= 4 is 34.8 Å². The highest BCUT2D eigenvalue weighted by atomic mass is 35.5. The maximum Gasteiger partial charge on any atom is 0.239 e. The molecular formula is C18H16ClFN2O2. The largest absolute Gasteiger partial charge is 0.325 e. The Morgan fingerprint density at radius 1 is 1.25 bits per heavy atom. The van der Waals surface area contributed by atoms with Gasteiger partial charge in [-0.2, -0.15) is 0 Å². The van der Waals surface area contributed by atoms with Crippen LogP contribution in [0.25, 0.3) is 0 Å². The predicted octanol–water partition coefficient (Wildman–Crippen LogP) is 3.78. The van der Waals surface area contributed by atoms with E-state index in [0.717, 1.165) is 5.56 Å². The third-order valence-electron chi connectivity index (χ3n) is 4.06. The molecule has 1 saturated heterocycles. The number of anilines is 2. The van der Waals surface area contributed by atoms with E-state index in [0.29, 0.717) is 24.3 Å². The minimum atomic E-state index is -0.755. The lowest BCUT2D eigenvalue weighted by Crippen LogP contribution is -2.33. The molecule has 6 heteroatoms. The highest BCUT2D eigenvalue weighted by Crippen LogP contribution is 2.29. The molecule has 1 heterocycles. The van der Waals surface area contributed by atoms with Gasteiger partial charge in [0.2, 0.25) is 11.8 Å². The molecule has 1 atom stereocenters. The fraction of sp³-hybridized carbons (Fsp3) is 0.222. The van der Waals surface area contributed by atoms with E-state index < -0.39 is 11.7 Å². The van der Waals surface area contributed by atoms with Crippen molar-refractivity contribution in [3.63, 3.8) is 0 Å². The summed E-state index contributed by atoms with van der Waals surface area (Å²) in [6.45, 7) is 2.35. The van der Waals surface area contributed by atoms with Gasteiger partial charge in [-0.05, 0) is 43.7 Å². The van der Waals surface area contributed by atoms with Crippen LogP contribution in [-0.2, 0) is 9.59 Å². The van der Waals surface area contributed by atoms with Crippen molar-refractivity contribution < 1.29 is 14.0 Å².